The van der Waals surface area contributed by atoms with Crippen LogP contribution in [0, 0.1) is 0 Å². The molecule has 2 aliphatic rings. The molecule has 2 fully saturated rings. The van der Waals surface area contributed by atoms with Crippen LogP contribution in [0.3, 0.4) is 0 Å². The fraction of sp³-hybridized carbons (Fsp3) is 0.857. The molecule has 0 spiro atoms. The molecular formula is C14H24Br2N2. The van der Waals surface area contributed by atoms with Crippen molar-refractivity contribution in [3.63, 3.8) is 0 Å². The van der Waals surface area contributed by atoms with E-state index >= 15 is 0 Å². The predicted molar refractivity (Wildman–Crippen MR) is 85.5 cm³/mol. The number of hydrogen-bond donors (Lipinski definition) is 0. The number of halogens is 2. The average molecular weight is 380 g/mol. The third-order valence-electron chi connectivity index (χ3n) is 3.92. The molecule has 0 radical (unpaired) electrons. The molecule has 2 saturated heterocycles. The Morgan fingerprint density at radius 1 is 0.611 bits per heavy atom. The van der Waals surface area contributed by atoms with Gasteiger partial charge in [-0.05, 0) is 51.9 Å². The second-order valence-electron chi connectivity index (χ2n) is 5.48. The van der Waals surface area contributed by atoms with Gasteiger partial charge in [0.2, 0.25) is 0 Å². The summed E-state index contributed by atoms with van der Waals surface area (Å²) >= 11 is 7.54. The molecule has 2 heterocycles. The quantitative estimate of drug-likeness (QED) is 0.729. The molecule has 104 valence electrons. The van der Waals surface area contributed by atoms with Crippen LogP contribution in [0.25, 0.3) is 0 Å². The van der Waals surface area contributed by atoms with E-state index in [9.17, 15) is 0 Å². The molecule has 0 unspecified atom stereocenters. The van der Waals surface area contributed by atoms with Crippen LogP contribution in [-0.4, -0.2) is 49.1 Å². The number of piperidine rings is 2. The van der Waals surface area contributed by atoms with Crippen LogP contribution in [0.4, 0.5) is 0 Å². The molecule has 2 rings (SSSR count). The van der Waals surface area contributed by atoms with Crippen LogP contribution >= 0.6 is 31.9 Å². The molecule has 0 aromatic rings. The summed E-state index contributed by atoms with van der Waals surface area (Å²) in [6.45, 7) is 7.21. The van der Waals surface area contributed by atoms with Gasteiger partial charge in [0.05, 0.1) is 0 Å². The summed E-state index contributed by atoms with van der Waals surface area (Å²) in [4.78, 5) is 5.12. The summed E-state index contributed by atoms with van der Waals surface area (Å²) in [5, 5.41) is 0. The summed E-state index contributed by atoms with van der Waals surface area (Å²) < 4.78 is 2.69. The number of nitrogens with zero attached hydrogens (tertiary/aromatic N) is 2. The maximum Gasteiger partial charge on any atom is 0.0308 e. The molecule has 18 heavy (non-hydrogen) atoms. The third-order valence-corrected chi connectivity index (χ3v) is 5.91. The molecule has 2 aliphatic heterocycles. The Hall–Kier alpha value is 0.620. The van der Waals surface area contributed by atoms with Crippen molar-refractivity contribution >= 4 is 31.9 Å². The Labute approximate surface area is 128 Å². The lowest BCUT2D eigenvalue weighted by atomic mass is 10.1. The number of hydrogen-bond acceptors (Lipinski definition) is 2. The molecule has 0 atom stereocenters. The lowest BCUT2D eigenvalue weighted by Crippen LogP contribution is -2.33. The van der Waals surface area contributed by atoms with E-state index in [1.165, 1.54) is 73.7 Å². The zero-order chi connectivity index (χ0) is 12.8. The highest BCUT2D eigenvalue weighted by molar-refractivity contribution is 9.14. The van der Waals surface area contributed by atoms with Crippen molar-refractivity contribution in [3.05, 3.63) is 8.96 Å². The van der Waals surface area contributed by atoms with Crippen LogP contribution in [-0.2, 0) is 0 Å². The second-order valence-corrected chi connectivity index (χ2v) is 7.40. The molecule has 0 aromatic heterocycles. The second kappa shape index (κ2) is 8.03. The van der Waals surface area contributed by atoms with Gasteiger partial charge in [-0.15, -0.1) is 0 Å². The maximum atomic E-state index is 3.77. The van der Waals surface area contributed by atoms with E-state index < -0.39 is 0 Å². The number of likely N-dealkylation sites (tertiary alicyclic amines) is 2. The van der Waals surface area contributed by atoms with E-state index in [-0.39, 0.29) is 0 Å². The van der Waals surface area contributed by atoms with E-state index in [1.54, 1.807) is 0 Å². The van der Waals surface area contributed by atoms with Gasteiger partial charge < -0.3 is 0 Å². The summed E-state index contributed by atoms with van der Waals surface area (Å²) in [7, 11) is 0. The molecule has 0 amide bonds. The Balaban J connectivity index is 1.79. The van der Waals surface area contributed by atoms with Gasteiger partial charge in [-0.3, -0.25) is 9.80 Å². The van der Waals surface area contributed by atoms with Crippen molar-refractivity contribution in [3.8, 4) is 0 Å². The van der Waals surface area contributed by atoms with E-state index in [0.29, 0.717) is 0 Å². The zero-order valence-corrected chi connectivity index (χ0v) is 14.3. The van der Waals surface area contributed by atoms with E-state index in [2.05, 4.69) is 41.7 Å². The topological polar surface area (TPSA) is 6.48 Å². The SMILES string of the molecule is BrC(CN1CCCCC1)=C(Br)CN1CCCCC1. The van der Waals surface area contributed by atoms with Gasteiger partial charge in [0.25, 0.3) is 0 Å². The van der Waals surface area contributed by atoms with Gasteiger partial charge in [-0.2, -0.15) is 0 Å². The lowest BCUT2D eigenvalue weighted by molar-refractivity contribution is 0.243. The van der Waals surface area contributed by atoms with Gasteiger partial charge in [-0.25, -0.2) is 0 Å². The van der Waals surface area contributed by atoms with Crippen molar-refractivity contribution in [2.24, 2.45) is 0 Å². The fourth-order valence-corrected chi connectivity index (χ4v) is 3.76. The van der Waals surface area contributed by atoms with E-state index in [4.69, 9.17) is 0 Å². The minimum atomic E-state index is 1.08. The Bertz CT molecular complexity index is 252. The van der Waals surface area contributed by atoms with Crippen LogP contribution in [0.2, 0.25) is 0 Å². The smallest absolute Gasteiger partial charge is 0.0308 e. The minimum Gasteiger partial charge on any atom is -0.299 e. The summed E-state index contributed by atoms with van der Waals surface area (Å²) in [5.74, 6) is 0. The standard InChI is InChI=1S/C14H24Br2N2/c15-13(11-17-7-3-1-4-8-17)14(16)12-18-9-5-2-6-10-18/h1-12H2. The highest BCUT2D eigenvalue weighted by Crippen LogP contribution is 2.23. The minimum absolute atomic E-state index is 1.08. The van der Waals surface area contributed by atoms with Gasteiger partial charge >= 0.3 is 0 Å². The molecule has 0 aromatic carbocycles. The highest BCUT2D eigenvalue weighted by atomic mass is 79.9. The van der Waals surface area contributed by atoms with Crippen molar-refractivity contribution in [2.45, 2.75) is 38.5 Å². The highest BCUT2D eigenvalue weighted by Gasteiger charge is 2.15. The van der Waals surface area contributed by atoms with E-state index in [1.807, 2.05) is 0 Å². The Morgan fingerprint density at radius 2 is 0.944 bits per heavy atom. The summed E-state index contributed by atoms with van der Waals surface area (Å²) in [6, 6.07) is 0. The monoisotopic (exact) mass is 378 g/mol. The van der Waals surface area contributed by atoms with Crippen molar-refractivity contribution in [1.29, 1.82) is 0 Å². The Kier molecular flexibility index (Phi) is 6.70. The van der Waals surface area contributed by atoms with Crippen LogP contribution in [0.1, 0.15) is 38.5 Å². The predicted octanol–water partition coefficient (Wildman–Crippen LogP) is 3.96. The molecule has 2 nitrogen and oxygen atoms in total. The fourth-order valence-electron chi connectivity index (χ4n) is 2.80. The first-order valence-corrected chi connectivity index (χ1v) is 8.82. The first-order chi connectivity index (χ1) is 8.75. The molecule has 0 bridgehead atoms. The molecular weight excluding hydrogens is 356 g/mol. The molecule has 0 aliphatic carbocycles. The Morgan fingerprint density at radius 3 is 1.28 bits per heavy atom. The maximum absolute atomic E-state index is 3.77. The van der Waals surface area contributed by atoms with Crippen LogP contribution in [0.5, 0.6) is 0 Å². The average Bonchev–Trinajstić information content (AvgIpc) is 2.41. The lowest BCUT2D eigenvalue weighted by Gasteiger charge is -2.28. The van der Waals surface area contributed by atoms with Crippen LogP contribution in [0.15, 0.2) is 8.96 Å². The number of rotatable bonds is 4. The zero-order valence-electron chi connectivity index (χ0n) is 11.1. The van der Waals surface area contributed by atoms with Gasteiger partial charge in [-0.1, -0.05) is 44.7 Å². The first kappa shape index (κ1) is 15.0. The van der Waals surface area contributed by atoms with E-state index in [0.717, 1.165) is 13.1 Å². The summed E-state index contributed by atoms with van der Waals surface area (Å²) in [5.41, 5.74) is 0. The molecule has 0 N–H and O–H groups in total. The van der Waals surface area contributed by atoms with Crippen molar-refractivity contribution in [1.82, 2.24) is 9.80 Å². The molecule has 0 saturated carbocycles. The molecule has 4 heteroatoms. The van der Waals surface area contributed by atoms with Gasteiger partial charge in [0.15, 0.2) is 0 Å². The normalized spacial score (nSPS) is 25.0. The van der Waals surface area contributed by atoms with Gasteiger partial charge in [0, 0.05) is 22.1 Å². The van der Waals surface area contributed by atoms with Crippen molar-refractivity contribution < 1.29 is 0 Å². The van der Waals surface area contributed by atoms with Crippen LogP contribution < -0.4 is 0 Å². The largest absolute Gasteiger partial charge is 0.299 e. The third kappa shape index (κ3) is 4.95. The van der Waals surface area contributed by atoms with Crippen molar-refractivity contribution in [2.75, 3.05) is 39.3 Å². The van der Waals surface area contributed by atoms with Gasteiger partial charge in [0.1, 0.15) is 0 Å². The first-order valence-electron chi connectivity index (χ1n) is 7.23. The summed E-state index contributed by atoms with van der Waals surface area (Å²) in [6.07, 6.45) is 8.28.